The molecule has 3 aromatic rings. The number of ether oxygens (including phenoxy) is 1. The van der Waals surface area contributed by atoms with Crippen molar-refractivity contribution in [3.05, 3.63) is 88.9 Å². The molecule has 6 heteroatoms. The highest BCUT2D eigenvalue weighted by molar-refractivity contribution is 7.80. The number of thiol groups is 1. The number of anilines is 1. The van der Waals surface area contributed by atoms with Gasteiger partial charge in [0.1, 0.15) is 5.75 Å². The number of benzene rings is 3. The molecule has 0 radical (unpaired) electrons. The quantitative estimate of drug-likeness (QED) is 0.460. The first-order valence-electron chi connectivity index (χ1n) is 8.14. The second-order valence-electron chi connectivity index (χ2n) is 5.72. The Morgan fingerprint density at radius 2 is 1.67 bits per heavy atom. The van der Waals surface area contributed by atoms with Crippen molar-refractivity contribution < 1.29 is 14.3 Å². The normalized spacial score (nSPS) is 10.3. The highest BCUT2D eigenvalue weighted by atomic mass is 35.5. The van der Waals surface area contributed by atoms with E-state index in [0.717, 1.165) is 4.90 Å². The van der Waals surface area contributed by atoms with E-state index in [2.05, 4.69) is 17.9 Å². The predicted octanol–water partition coefficient (Wildman–Crippen LogP) is 4.88. The van der Waals surface area contributed by atoms with E-state index in [1.165, 1.54) is 6.07 Å². The van der Waals surface area contributed by atoms with Gasteiger partial charge in [-0.25, -0.2) is 0 Å². The number of hydrogen-bond donors (Lipinski definition) is 2. The largest absolute Gasteiger partial charge is 0.483 e. The maximum atomic E-state index is 12.7. The summed E-state index contributed by atoms with van der Waals surface area (Å²) in [5, 5.41) is 3.14. The van der Waals surface area contributed by atoms with Gasteiger partial charge in [-0.3, -0.25) is 9.59 Å². The fourth-order valence-corrected chi connectivity index (χ4v) is 2.76. The summed E-state index contributed by atoms with van der Waals surface area (Å²) in [6, 6.07) is 20.6. The van der Waals surface area contributed by atoms with Crippen LogP contribution >= 0.6 is 24.2 Å². The molecule has 3 rings (SSSR count). The molecule has 4 nitrogen and oxygen atoms in total. The van der Waals surface area contributed by atoms with Crippen LogP contribution in [-0.2, 0) is 4.79 Å². The smallest absolute Gasteiger partial charge is 0.262 e. The number of halogens is 1. The van der Waals surface area contributed by atoms with Crippen molar-refractivity contribution in [2.75, 3.05) is 11.9 Å². The lowest BCUT2D eigenvalue weighted by Crippen LogP contribution is -2.21. The van der Waals surface area contributed by atoms with Crippen LogP contribution in [0.15, 0.2) is 77.7 Å². The molecular weight excluding hydrogens is 382 g/mol. The Hall–Kier alpha value is -2.76. The first-order chi connectivity index (χ1) is 13.0. The Bertz CT molecular complexity index is 959. The maximum absolute atomic E-state index is 12.7. The molecule has 0 aliphatic heterocycles. The van der Waals surface area contributed by atoms with Gasteiger partial charge in [0.25, 0.3) is 5.91 Å². The summed E-state index contributed by atoms with van der Waals surface area (Å²) < 4.78 is 5.59. The minimum absolute atomic E-state index is 0.224. The molecule has 3 aromatic carbocycles. The van der Waals surface area contributed by atoms with E-state index in [0.29, 0.717) is 27.6 Å². The molecule has 0 aliphatic rings. The Balaban J connectivity index is 1.72. The SMILES string of the molecule is O=C(COc1ccc(Cl)cc1C(=O)c1ccccc1)Nc1ccc(S)cc1. The van der Waals surface area contributed by atoms with E-state index in [-0.39, 0.29) is 18.3 Å². The van der Waals surface area contributed by atoms with Crippen molar-refractivity contribution >= 4 is 41.6 Å². The minimum atomic E-state index is -0.338. The molecule has 27 heavy (non-hydrogen) atoms. The summed E-state index contributed by atoms with van der Waals surface area (Å²) in [5.41, 5.74) is 1.46. The maximum Gasteiger partial charge on any atom is 0.262 e. The van der Waals surface area contributed by atoms with Crippen LogP contribution in [0.25, 0.3) is 0 Å². The van der Waals surface area contributed by atoms with Gasteiger partial charge >= 0.3 is 0 Å². The zero-order chi connectivity index (χ0) is 19.2. The lowest BCUT2D eigenvalue weighted by atomic mass is 10.0. The molecule has 0 heterocycles. The molecule has 0 atom stereocenters. The number of amides is 1. The summed E-state index contributed by atoms with van der Waals surface area (Å²) in [7, 11) is 0. The Morgan fingerprint density at radius 1 is 0.963 bits per heavy atom. The Morgan fingerprint density at radius 3 is 2.37 bits per heavy atom. The van der Waals surface area contributed by atoms with Gasteiger partial charge < -0.3 is 10.1 Å². The molecule has 0 fully saturated rings. The number of ketones is 1. The van der Waals surface area contributed by atoms with Crippen LogP contribution in [0.5, 0.6) is 5.75 Å². The lowest BCUT2D eigenvalue weighted by molar-refractivity contribution is -0.118. The number of nitrogens with one attached hydrogen (secondary N) is 1. The standard InChI is InChI=1S/C21H16ClNO3S/c22-15-6-11-19(18(12-15)21(25)14-4-2-1-3-5-14)26-13-20(24)23-16-7-9-17(27)10-8-16/h1-12,27H,13H2,(H,23,24). The summed E-state index contributed by atoms with van der Waals surface area (Å²) >= 11 is 10.2. The second kappa shape index (κ2) is 8.75. The average Bonchev–Trinajstić information content (AvgIpc) is 2.69. The highest BCUT2D eigenvalue weighted by Gasteiger charge is 2.16. The Labute approximate surface area is 167 Å². The lowest BCUT2D eigenvalue weighted by Gasteiger charge is -2.12. The summed E-state index contributed by atoms with van der Waals surface area (Å²) in [4.78, 5) is 25.7. The van der Waals surface area contributed by atoms with Gasteiger partial charge in [-0.05, 0) is 42.5 Å². The van der Waals surface area contributed by atoms with Crippen molar-refractivity contribution in [1.82, 2.24) is 0 Å². The van der Waals surface area contributed by atoms with Gasteiger partial charge in [-0.1, -0.05) is 41.9 Å². The molecule has 0 spiro atoms. The van der Waals surface area contributed by atoms with Gasteiger partial charge in [0, 0.05) is 21.2 Å². The zero-order valence-corrected chi connectivity index (χ0v) is 15.8. The summed E-state index contributed by atoms with van der Waals surface area (Å²) in [5.74, 6) is -0.262. The molecule has 0 aliphatic carbocycles. The van der Waals surface area contributed by atoms with Gasteiger partial charge in [-0.2, -0.15) is 0 Å². The van der Waals surface area contributed by atoms with Gasteiger partial charge in [0.15, 0.2) is 12.4 Å². The average molecular weight is 398 g/mol. The van der Waals surface area contributed by atoms with Crippen molar-refractivity contribution in [2.45, 2.75) is 4.90 Å². The topological polar surface area (TPSA) is 55.4 Å². The van der Waals surface area contributed by atoms with Crippen LogP contribution in [0.1, 0.15) is 15.9 Å². The molecular formula is C21H16ClNO3S. The second-order valence-corrected chi connectivity index (χ2v) is 6.67. The monoisotopic (exact) mass is 397 g/mol. The van der Waals surface area contributed by atoms with Crippen molar-refractivity contribution in [3.8, 4) is 5.75 Å². The van der Waals surface area contributed by atoms with Crippen LogP contribution in [0, 0.1) is 0 Å². The number of hydrogen-bond acceptors (Lipinski definition) is 4. The van der Waals surface area contributed by atoms with E-state index in [1.54, 1.807) is 60.7 Å². The van der Waals surface area contributed by atoms with Crippen LogP contribution in [0.4, 0.5) is 5.69 Å². The van der Waals surface area contributed by atoms with Crippen LogP contribution < -0.4 is 10.1 Å². The highest BCUT2D eigenvalue weighted by Crippen LogP contribution is 2.25. The van der Waals surface area contributed by atoms with E-state index in [9.17, 15) is 9.59 Å². The minimum Gasteiger partial charge on any atom is -0.483 e. The van der Waals surface area contributed by atoms with Gasteiger partial charge in [0.05, 0.1) is 5.56 Å². The summed E-state index contributed by atoms with van der Waals surface area (Å²) in [6.45, 7) is -0.237. The van der Waals surface area contributed by atoms with Crippen molar-refractivity contribution in [1.29, 1.82) is 0 Å². The molecule has 0 bridgehead atoms. The van der Waals surface area contributed by atoms with Crippen molar-refractivity contribution in [2.24, 2.45) is 0 Å². The van der Waals surface area contributed by atoms with Crippen LogP contribution in [0.2, 0.25) is 5.02 Å². The molecule has 0 saturated heterocycles. The fraction of sp³-hybridized carbons (Fsp3) is 0.0476. The third kappa shape index (κ3) is 5.12. The molecule has 1 N–H and O–H groups in total. The van der Waals surface area contributed by atoms with Crippen LogP contribution in [0.3, 0.4) is 0 Å². The first kappa shape index (κ1) is 19.0. The van der Waals surface area contributed by atoms with E-state index >= 15 is 0 Å². The molecule has 1 amide bonds. The van der Waals surface area contributed by atoms with Gasteiger partial charge in [-0.15, -0.1) is 12.6 Å². The van der Waals surface area contributed by atoms with E-state index < -0.39 is 0 Å². The first-order valence-corrected chi connectivity index (χ1v) is 8.96. The van der Waals surface area contributed by atoms with E-state index in [4.69, 9.17) is 16.3 Å². The molecule has 0 unspecified atom stereocenters. The van der Waals surface area contributed by atoms with Gasteiger partial charge in [0.2, 0.25) is 0 Å². The third-order valence-electron chi connectivity index (χ3n) is 3.73. The zero-order valence-electron chi connectivity index (χ0n) is 14.2. The van der Waals surface area contributed by atoms with Crippen molar-refractivity contribution in [3.63, 3.8) is 0 Å². The number of carbonyl (C=O) groups is 2. The molecule has 0 aromatic heterocycles. The molecule has 0 saturated carbocycles. The fourth-order valence-electron chi connectivity index (χ4n) is 2.44. The van der Waals surface area contributed by atoms with Crippen LogP contribution in [-0.4, -0.2) is 18.3 Å². The molecule has 136 valence electrons. The Kier molecular flexibility index (Phi) is 6.16. The summed E-state index contributed by atoms with van der Waals surface area (Å²) in [6.07, 6.45) is 0. The number of carbonyl (C=O) groups excluding carboxylic acids is 2. The third-order valence-corrected chi connectivity index (χ3v) is 4.27. The predicted molar refractivity (Wildman–Crippen MR) is 109 cm³/mol. The number of rotatable bonds is 6. The van der Waals surface area contributed by atoms with E-state index in [1.807, 2.05) is 6.07 Å².